The van der Waals surface area contributed by atoms with E-state index >= 15 is 0 Å². The van der Waals surface area contributed by atoms with Gasteiger partial charge in [0.25, 0.3) is 0 Å². The summed E-state index contributed by atoms with van der Waals surface area (Å²) < 4.78 is 19.4. The van der Waals surface area contributed by atoms with Crippen LogP contribution in [0.3, 0.4) is 0 Å². The average molecular weight is 426 g/mol. The monoisotopic (exact) mass is 426 g/mol. The van der Waals surface area contributed by atoms with E-state index in [1.165, 1.54) is 0 Å². The number of ether oxygens (including phenoxy) is 1. The summed E-state index contributed by atoms with van der Waals surface area (Å²) in [5.74, 6) is 0.762. The van der Waals surface area contributed by atoms with Crippen LogP contribution in [0.2, 0.25) is 0 Å². The first-order chi connectivity index (χ1) is 14.7. The number of methoxy groups -OCH3 is 1. The Morgan fingerprint density at radius 3 is 2.32 bits per heavy atom. The number of rotatable bonds is 4. The smallest absolute Gasteiger partial charge is 0.497 e. The molecule has 3 heterocycles. The van der Waals surface area contributed by atoms with Crippen molar-refractivity contribution in [2.24, 2.45) is 0 Å². The second-order valence-electron chi connectivity index (χ2n) is 9.22. The number of carbonyl (C=O) groups excluding carboxylic acids is 1. The lowest BCUT2D eigenvalue weighted by atomic mass is 9.82. The normalized spacial score (nSPS) is 20.7. The minimum absolute atomic E-state index is 0.0815. The molecule has 166 valence electrons. The lowest BCUT2D eigenvalue weighted by Crippen LogP contribution is -2.41. The summed E-state index contributed by atoms with van der Waals surface area (Å²) in [6.07, 6.45) is 5.53. The largest absolute Gasteiger partial charge is 0.498 e. The number of carbonyl (C=O) groups is 1. The second-order valence-corrected chi connectivity index (χ2v) is 9.22. The third kappa shape index (κ3) is 4.43. The van der Waals surface area contributed by atoms with Crippen molar-refractivity contribution >= 4 is 24.3 Å². The molecule has 0 saturated carbocycles. The Morgan fingerprint density at radius 2 is 1.74 bits per heavy atom. The maximum absolute atomic E-state index is 12.6. The molecule has 8 nitrogen and oxygen atoms in total. The van der Waals surface area contributed by atoms with Crippen LogP contribution in [0.1, 0.15) is 46.6 Å². The lowest BCUT2D eigenvalue weighted by Gasteiger charge is -2.32. The molecule has 0 unspecified atom stereocenters. The topological polar surface area (TPSA) is 77.9 Å². The van der Waals surface area contributed by atoms with Crippen molar-refractivity contribution in [3.05, 3.63) is 36.7 Å². The van der Waals surface area contributed by atoms with Crippen LogP contribution in [-0.4, -0.2) is 59.2 Å². The Bertz CT molecular complexity index is 904. The minimum Gasteiger partial charge on any atom is -0.497 e. The Kier molecular flexibility index (Phi) is 5.74. The first-order valence-corrected chi connectivity index (χ1v) is 10.8. The van der Waals surface area contributed by atoms with Gasteiger partial charge in [0.05, 0.1) is 24.4 Å². The number of hydrogen-bond acceptors (Lipinski definition) is 5. The van der Waals surface area contributed by atoms with Crippen molar-refractivity contribution in [1.29, 1.82) is 0 Å². The molecule has 0 spiro atoms. The fourth-order valence-electron chi connectivity index (χ4n) is 3.86. The summed E-state index contributed by atoms with van der Waals surface area (Å²) in [5.41, 5.74) is 0.940. The number of hydrogen-bond donors (Lipinski definition) is 1. The van der Waals surface area contributed by atoms with E-state index in [9.17, 15) is 4.79 Å². The van der Waals surface area contributed by atoms with E-state index in [0.717, 1.165) is 29.7 Å². The quantitative estimate of drug-likeness (QED) is 0.761. The van der Waals surface area contributed by atoms with Gasteiger partial charge in [-0.3, -0.25) is 4.68 Å². The van der Waals surface area contributed by atoms with Crippen LogP contribution in [0, 0.1) is 0 Å². The molecule has 2 amide bonds. The molecule has 1 aromatic heterocycles. The molecular formula is C22H31BN4O4. The number of benzene rings is 1. The van der Waals surface area contributed by atoms with E-state index in [2.05, 4.69) is 10.4 Å². The van der Waals surface area contributed by atoms with Crippen LogP contribution in [0.15, 0.2) is 36.7 Å². The number of urea groups is 1. The number of likely N-dealkylation sites (tertiary alicyclic amines) is 1. The van der Waals surface area contributed by atoms with Gasteiger partial charge in [-0.15, -0.1) is 0 Å². The third-order valence-corrected chi connectivity index (χ3v) is 6.61. The van der Waals surface area contributed by atoms with E-state index in [0.29, 0.717) is 13.1 Å². The second kappa shape index (κ2) is 8.20. The molecule has 2 aliphatic rings. The van der Waals surface area contributed by atoms with Gasteiger partial charge >= 0.3 is 13.1 Å². The van der Waals surface area contributed by atoms with Crippen molar-refractivity contribution in [2.45, 2.75) is 57.8 Å². The molecule has 0 bridgehead atoms. The highest BCUT2D eigenvalue weighted by molar-refractivity contribution is 6.62. The molecule has 2 fully saturated rings. The Hall–Kier alpha value is -2.52. The van der Waals surface area contributed by atoms with Crippen LogP contribution in [0.4, 0.5) is 10.5 Å². The van der Waals surface area contributed by atoms with E-state index < -0.39 is 7.12 Å². The zero-order chi connectivity index (χ0) is 22.2. The number of amides is 2. The van der Waals surface area contributed by atoms with Gasteiger partial charge in [0, 0.05) is 36.6 Å². The molecule has 31 heavy (non-hydrogen) atoms. The Labute approximate surface area is 184 Å². The predicted molar refractivity (Wildman–Crippen MR) is 120 cm³/mol. The highest BCUT2D eigenvalue weighted by Crippen LogP contribution is 2.36. The third-order valence-electron chi connectivity index (χ3n) is 6.61. The summed E-state index contributed by atoms with van der Waals surface area (Å²) >= 11 is 0. The van der Waals surface area contributed by atoms with Gasteiger partial charge in [0.2, 0.25) is 0 Å². The lowest BCUT2D eigenvalue weighted by molar-refractivity contribution is 0.00578. The minimum atomic E-state index is -0.408. The number of nitrogens with zero attached hydrogens (tertiary/aromatic N) is 3. The summed E-state index contributed by atoms with van der Waals surface area (Å²) in [4.78, 5) is 14.4. The number of anilines is 1. The van der Waals surface area contributed by atoms with Gasteiger partial charge in [-0.2, -0.15) is 5.10 Å². The fourth-order valence-corrected chi connectivity index (χ4v) is 3.86. The molecule has 4 rings (SSSR count). The zero-order valence-electron chi connectivity index (χ0n) is 18.9. The summed E-state index contributed by atoms with van der Waals surface area (Å²) in [7, 11) is 1.21. The van der Waals surface area contributed by atoms with E-state index in [1.807, 2.05) is 73.9 Å². The van der Waals surface area contributed by atoms with Gasteiger partial charge in [-0.1, -0.05) is 0 Å². The molecule has 0 atom stereocenters. The molecule has 1 N–H and O–H groups in total. The fraction of sp³-hybridized carbons (Fsp3) is 0.545. The highest BCUT2D eigenvalue weighted by atomic mass is 16.7. The average Bonchev–Trinajstić information content (AvgIpc) is 3.31. The van der Waals surface area contributed by atoms with E-state index in [-0.39, 0.29) is 23.3 Å². The summed E-state index contributed by atoms with van der Waals surface area (Å²) in [6, 6.07) is 7.51. The Balaban J connectivity index is 1.31. The maximum Gasteiger partial charge on any atom is 0.498 e. The van der Waals surface area contributed by atoms with Crippen molar-refractivity contribution in [3.8, 4) is 5.75 Å². The van der Waals surface area contributed by atoms with E-state index in [1.54, 1.807) is 7.11 Å². The van der Waals surface area contributed by atoms with Gasteiger partial charge < -0.3 is 24.3 Å². The molecule has 0 aliphatic carbocycles. The molecule has 2 aromatic rings. The maximum atomic E-state index is 12.6. The van der Waals surface area contributed by atoms with Gasteiger partial charge in [0.15, 0.2) is 0 Å². The summed E-state index contributed by atoms with van der Waals surface area (Å²) in [5, 5.41) is 7.51. The Morgan fingerprint density at radius 1 is 1.13 bits per heavy atom. The molecule has 1 aromatic carbocycles. The van der Waals surface area contributed by atoms with Crippen LogP contribution < -0.4 is 15.5 Å². The van der Waals surface area contributed by atoms with Crippen molar-refractivity contribution in [2.75, 3.05) is 25.5 Å². The molecule has 0 radical (unpaired) electrons. The van der Waals surface area contributed by atoms with Crippen LogP contribution >= 0.6 is 0 Å². The van der Waals surface area contributed by atoms with Gasteiger partial charge in [-0.05, 0) is 64.8 Å². The number of nitrogens with one attached hydrogen (secondary N) is 1. The molecule has 2 saturated heterocycles. The predicted octanol–water partition coefficient (Wildman–Crippen LogP) is 3.06. The number of aromatic nitrogens is 2. The van der Waals surface area contributed by atoms with Crippen LogP contribution in [-0.2, 0) is 9.31 Å². The van der Waals surface area contributed by atoms with Crippen molar-refractivity contribution in [3.63, 3.8) is 0 Å². The SMILES string of the molecule is COc1ccc(NC(=O)N2CCC(n3cc(B4OC(C)(C)C(C)(C)O4)cn3)CC2)cc1. The zero-order valence-corrected chi connectivity index (χ0v) is 18.9. The molecule has 2 aliphatic heterocycles. The van der Waals surface area contributed by atoms with Crippen LogP contribution in [0.25, 0.3) is 0 Å². The first-order valence-electron chi connectivity index (χ1n) is 10.8. The highest BCUT2D eigenvalue weighted by Gasteiger charge is 2.52. The van der Waals surface area contributed by atoms with E-state index in [4.69, 9.17) is 14.0 Å². The van der Waals surface area contributed by atoms with Crippen LogP contribution in [0.5, 0.6) is 5.75 Å². The first kappa shape index (κ1) is 21.7. The van der Waals surface area contributed by atoms with Crippen molar-refractivity contribution in [1.82, 2.24) is 14.7 Å². The van der Waals surface area contributed by atoms with Crippen molar-refractivity contribution < 1.29 is 18.8 Å². The number of piperidine rings is 1. The van der Waals surface area contributed by atoms with Gasteiger partial charge in [0.1, 0.15) is 5.75 Å². The summed E-state index contributed by atoms with van der Waals surface area (Å²) in [6.45, 7) is 9.54. The standard InChI is InChI=1S/C22H31BN4O4/c1-21(2)22(3,4)31-23(30-21)16-14-24-27(15-16)18-10-12-26(13-11-18)20(28)25-17-6-8-19(29-5)9-7-17/h6-9,14-15,18H,10-13H2,1-5H3,(H,25,28). The molecule has 9 heteroatoms. The van der Waals surface area contributed by atoms with Gasteiger partial charge in [-0.25, -0.2) is 4.79 Å². The molecular weight excluding hydrogens is 395 g/mol.